The monoisotopic (exact) mass is 373 g/mol. The summed E-state index contributed by atoms with van der Waals surface area (Å²) < 4.78 is 18.1. The molecule has 0 N–H and O–H groups in total. The molecule has 0 atom stereocenters. The minimum atomic E-state index is -0.247. The van der Waals surface area contributed by atoms with E-state index in [1.54, 1.807) is 41.3 Å². The number of hydrogen-bond acceptors (Lipinski definition) is 7. The van der Waals surface area contributed by atoms with Crippen LogP contribution in [0.2, 0.25) is 0 Å². The van der Waals surface area contributed by atoms with E-state index >= 15 is 0 Å². The number of nitrogens with zero attached hydrogens (tertiary/aromatic N) is 1. The van der Waals surface area contributed by atoms with E-state index in [0.717, 1.165) is 22.0 Å². The van der Waals surface area contributed by atoms with Crippen LogP contribution >= 0.6 is 23.1 Å². The predicted molar refractivity (Wildman–Crippen MR) is 97.8 cm³/mol. The molecule has 128 valence electrons. The molecule has 0 radical (unpaired) electrons. The number of hydrogen-bond donors (Lipinski definition) is 0. The zero-order valence-electron chi connectivity index (χ0n) is 13.3. The zero-order valence-corrected chi connectivity index (χ0v) is 14.9. The maximum absolute atomic E-state index is 11.9. The summed E-state index contributed by atoms with van der Waals surface area (Å²) in [6.45, 7) is 0.204. The lowest BCUT2D eigenvalue weighted by Crippen LogP contribution is -2.07. The smallest absolute Gasteiger partial charge is 0.311 e. The van der Waals surface area contributed by atoms with Crippen LogP contribution in [0.1, 0.15) is 12.8 Å². The standard InChI is InChI=1S/C18H15NO4S2/c20-17(23-12-7-8-14-15(10-12)22-11-21-14)6-3-9-24-18-19-13-4-1-2-5-16(13)25-18/h1-2,4-5,7-8,10H,3,6,9,11H2. The highest BCUT2D eigenvalue weighted by atomic mass is 32.2. The lowest BCUT2D eigenvalue weighted by Gasteiger charge is -2.05. The number of thiazole rings is 1. The second-order valence-corrected chi connectivity index (χ2v) is 7.76. The van der Waals surface area contributed by atoms with Crippen molar-refractivity contribution < 1.29 is 19.0 Å². The van der Waals surface area contributed by atoms with E-state index in [1.165, 1.54) is 4.70 Å². The van der Waals surface area contributed by atoms with Crippen molar-refractivity contribution in [1.29, 1.82) is 0 Å². The fraction of sp³-hybridized carbons (Fsp3) is 0.222. The first kappa shape index (κ1) is 16.2. The van der Waals surface area contributed by atoms with Crippen molar-refractivity contribution in [2.75, 3.05) is 12.5 Å². The Labute approximate surface area is 152 Å². The van der Waals surface area contributed by atoms with Gasteiger partial charge in [-0.1, -0.05) is 23.9 Å². The van der Waals surface area contributed by atoms with Gasteiger partial charge in [-0.25, -0.2) is 4.98 Å². The maximum atomic E-state index is 11.9. The Morgan fingerprint density at radius 3 is 3.00 bits per heavy atom. The molecule has 0 saturated carbocycles. The quantitative estimate of drug-likeness (QED) is 0.274. The van der Waals surface area contributed by atoms with E-state index in [1.807, 2.05) is 18.2 Å². The average Bonchev–Trinajstić information content (AvgIpc) is 3.24. The fourth-order valence-electron chi connectivity index (χ4n) is 2.41. The molecule has 0 spiro atoms. The van der Waals surface area contributed by atoms with E-state index in [-0.39, 0.29) is 12.8 Å². The van der Waals surface area contributed by atoms with Crippen LogP contribution in [0.15, 0.2) is 46.8 Å². The molecule has 2 heterocycles. The maximum Gasteiger partial charge on any atom is 0.311 e. The van der Waals surface area contributed by atoms with E-state index in [4.69, 9.17) is 14.2 Å². The molecule has 3 aromatic rings. The Kier molecular flexibility index (Phi) is 4.76. The molecule has 1 aliphatic heterocycles. The summed E-state index contributed by atoms with van der Waals surface area (Å²) in [6, 6.07) is 13.2. The van der Waals surface area contributed by atoms with Crippen molar-refractivity contribution in [3.05, 3.63) is 42.5 Å². The minimum absolute atomic E-state index is 0.204. The number of esters is 1. The number of ether oxygens (including phenoxy) is 3. The molecule has 0 saturated heterocycles. The fourth-order valence-corrected chi connectivity index (χ4v) is 4.49. The average molecular weight is 373 g/mol. The molecule has 0 fully saturated rings. The van der Waals surface area contributed by atoms with Crippen LogP contribution in [0.4, 0.5) is 0 Å². The number of carbonyl (C=O) groups is 1. The largest absolute Gasteiger partial charge is 0.454 e. The SMILES string of the molecule is O=C(CCCSc1nc2ccccc2s1)Oc1ccc2c(c1)OCO2. The molecule has 4 rings (SSSR count). The van der Waals surface area contributed by atoms with Crippen molar-refractivity contribution in [2.45, 2.75) is 17.2 Å². The van der Waals surface area contributed by atoms with Gasteiger partial charge in [0.2, 0.25) is 6.79 Å². The molecule has 1 aromatic heterocycles. The summed E-state index contributed by atoms with van der Waals surface area (Å²) in [5, 5.41) is 0. The van der Waals surface area contributed by atoms with E-state index < -0.39 is 0 Å². The number of rotatable bonds is 6. The Morgan fingerprint density at radius 1 is 1.20 bits per heavy atom. The van der Waals surface area contributed by atoms with Crippen molar-refractivity contribution in [1.82, 2.24) is 4.98 Å². The van der Waals surface area contributed by atoms with Gasteiger partial charge in [0.25, 0.3) is 0 Å². The normalized spacial score (nSPS) is 12.5. The summed E-state index contributed by atoms with van der Waals surface area (Å²) in [6.07, 6.45) is 1.11. The number of benzene rings is 2. The molecule has 2 aromatic carbocycles. The molecule has 0 bridgehead atoms. The molecule has 1 aliphatic rings. The summed E-state index contributed by atoms with van der Waals surface area (Å²) >= 11 is 3.35. The zero-order chi connectivity index (χ0) is 17.1. The highest BCUT2D eigenvalue weighted by Gasteiger charge is 2.15. The van der Waals surface area contributed by atoms with E-state index in [0.29, 0.717) is 23.7 Å². The van der Waals surface area contributed by atoms with Crippen molar-refractivity contribution in [3.8, 4) is 17.2 Å². The van der Waals surface area contributed by atoms with Gasteiger partial charge in [-0.05, 0) is 30.7 Å². The number of aromatic nitrogens is 1. The van der Waals surface area contributed by atoms with Gasteiger partial charge < -0.3 is 14.2 Å². The molecule has 0 amide bonds. The van der Waals surface area contributed by atoms with Gasteiger partial charge in [0, 0.05) is 18.2 Å². The minimum Gasteiger partial charge on any atom is -0.454 e. The first-order valence-electron chi connectivity index (χ1n) is 7.87. The van der Waals surface area contributed by atoms with Crippen LogP contribution in [0.3, 0.4) is 0 Å². The third-order valence-corrected chi connectivity index (χ3v) is 5.87. The van der Waals surface area contributed by atoms with Crippen LogP contribution in [-0.4, -0.2) is 23.5 Å². The van der Waals surface area contributed by atoms with Gasteiger partial charge >= 0.3 is 5.97 Å². The molecule has 5 nitrogen and oxygen atoms in total. The Balaban J connectivity index is 1.23. The van der Waals surface area contributed by atoms with Gasteiger partial charge in [0.05, 0.1) is 10.2 Å². The topological polar surface area (TPSA) is 57.7 Å². The molecule has 0 aliphatic carbocycles. The summed E-state index contributed by atoms with van der Waals surface area (Å²) in [7, 11) is 0. The number of carbonyl (C=O) groups excluding carboxylic acids is 1. The lowest BCUT2D eigenvalue weighted by molar-refractivity contribution is -0.134. The second-order valence-electron chi connectivity index (χ2n) is 5.39. The van der Waals surface area contributed by atoms with Crippen LogP contribution < -0.4 is 14.2 Å². The highest BCUT2D eigenvalue weighted by molar-refractivity contribution is 8.01. The third kappa shape index (κ3) is 3.88. The lowest BCUT2D eigenvalue weighted by atomic mass is 10.3. The van der Waals surface area contributed by atoms with Gasteiger partial charge in [-0.15, -0.1) is 11.3 Å². The predicted octanol–water partition coefficient (Wildman–Crippen LogP) is 4.50. The van der Waals surface area contributed by atoms with Crippen molar-refractivity contribution in [3.63, 3.8) is 0 Å². The Bertz CT molecular complexity index is 876. The molecule has 0 unspecified atom stereocenters. The van der Waals surface area contributed by atoms with Crippen LogP contribution in [0.5, 0.6) is 17.2 Å². The first-order valence-corrected chi connectivity index (χ1v) is 9.67. The van der Waals surface area contributed by atoms with E-state index in [2.05, 4.69) is 11.1 Å². The Morgan fingerprint density at radius 2 is 2.08 bits per heavy atom. The van der Waals surface area contributed by atoms with Gasteiger partial charge in [0.15, 0.2) is 15.8 Å². The molecule has 25 heavy (non-hydrogen) atoms. The molecular weight excluding hydrogens is 358 g/mol. The number of fused-ring (bicyclic) bond motifs is 2. The second kappa shape index (κ2) is 7.33. The summed E-state index contributed by atoms with van der Waals surface area (Å²) in [5.74, 6) is 2.34. The van der Waals surface area contributed by atoms with Crippen molar-refractivity contribution >= 4 is 39.3 Å². The van der Waals surface area contributed by atoms with Gasteiger partial charge in [-0.3, -0.25) is 4.79 Å². The van der Waals surface area contributed by atoms with Crippen LogP contribution in [0, 0.1) is 0 Å². The summed E-state index contributed by atoms with van der Waals surface area (Å²) in [4.78, 5) is 16.5. The van der Waals surface area contributed by atoms with E-state index in [9.17, 15) is 4.79 Å². The number of thioether (sulfide) groups is 1. The van der Waals surface area contributed by atoms with Gasteiger partial charge in [0.1, 0.15) is 5.75 Å². The van der Waals surface area contributed by atoms with Crippen LogP contribution in [0.25, 0.3) is 10.2 Å². The molecule has 7 heteroatoms. The third-order valence-electron chi connectivity index (χ3n) is 3.60. The first-order chi connectivity index (χ1) is 12.3. The Hall–Kier alpha value is -2.25. The van der Waals surface area contributed by atoms with Crippen molar-refractivity contribution in [2.24, 2.45) is 0 Å². The number of para-hydroxylation sites is 1. The molecular formula is C18H15NO4S2. The summed E-state index contributed by atoms with van der Waals surface area (Å²) in [5.41, 5.74) is 1.03. The van der Waals surface area contributed by atoms with Crippen LogP contribution in [-0.2, 0) is 4.79 Å². The highest BCUT2D eigenvalue weighted by Crippen LogP contribution is 2.35. The van der Waals surface area contributed by atoms with Gasteiger partial charge in [-0.2, -0.15) is 0 Å².